The Hall–Kier alpha value is -2.71. The Morgan fingerprint density at radius 1 is 1.04 bits per heavy atom. The van der Waals surface area contributed by atoms with Crippen molar-refractivity contribution in [2.45, 2.75) is 11.8 Å². The van der Waals surface area contributed by atoms with Crippen LogP contribution in [-0.2, 0) is 10.0 Å². The predicted molar refractivity (Wildman–Crippen MR) is 88.9 cm³/mol. The number of aromatic nitrogens is 2. The molecule has 128 valence electrons. The molecular weight excluding hydrogens is 348 g/mol. The molecule has 3 aromatic rings. The van der Waals surface area contributed by atoms with E-state index in [9.17, 15) is 17.2 Å². The van der Waals surface area contributed by atoms with Crippen LogP contribution >= 0.6 is 0 Å². The second-order valence-corrected chi connectivity index (χ2v) is 6.96. The van der Waals surface area contributed by atoms with E-state index in [2.05, 4.69) is 9.97 Å². The van der Waals surface area contributed by atoms with Crippen LogP contribution in [0.2, 0.25) is 0 Å². The summed E-state index contributed by atoms with van der Waals surface area (Å²) in [6, 6.07) is 6.93. The van der Waals surface area contributed by atoms with Crippen molar-refractivity contribution in [3.8, 4) is 22.4 Å². The fraction of sp³-hybridized carbons (Fsp3) is 0.0588. The summed E-state index contributed by atoms with van der Waals surface area (Å²) in [7, 11) is -4.51. The van der Waals surface area contributed by atoms with Crippen molar-refractivity contribution in [2.75, 3.05) is 0 Å². The van der Waals surface area contributed by atoms with Crippen LogP contribution in [0.4, 0.5) is 8.78 Å². The molecule has 0 spiro atoms. The van der Waals surface area contributed by atoms with Crippen molar-refractivity contribution >= 4 is 10.0 Å². The SMILES string of the molecule is Cc1cncc(-c2ncccc2-c2cc(F)c(S(N)(=O)=O)c(F)c2)c1. The number of hydrogen-bond donors (Lipinski definition) is 1. The summed E-state index contributed by atoms with van der Waals surface area (Å²) in [6.07, 6.45) is 4.81. The van der Waals surface area contributed by atoms with Crippen LogP contribution in [-0.4, -0.2) is 18.4 Å². The average Bonchev–Trinajstić information content (AvgIpc) is 2.53. The number of rotatable bonds is 3. The highest BCUT2D eigenvalue weighted by Crippen LogP contribution is 2.32. The topological polar surface area (TPSA) is 85.9 Å². The standard InChI is InChI=1S/C17H13F2N3O2S/c1-10-5-12(9-21-8-10)16-13(3-2-4-22-16)11-6-14(18)17(15(19)7-11)25(20,23)24/h2-9H,1H3,(H2,20,23,24). The smallest absolute Gasteiger partial charge is 0.243 e. The van der Waals surface area contributed by atoms with Crippen LogP contribution in [0.25, 0.3) is 22.4 Å². The van der Waals surface area contributed by atoms with Gasteiger partial charge in [-0.2, -0.15) is 0 Å². The van der Waals surface area contributed by atoms with Crippen LogP contribution in [0.1, 0.15) is 5.56 Å². The first-order valence-corrected chi connectivity index (χ1v) is 8.71. The molecule has 3 rings (SSSR count). The molecule has 0 atom stereocenters. The predicted octanol–water partition coefficient (Wildman–Crippen LogP) is 3.04. The quantitative estimate of drug-likeness (QED) is 0.777. The molecule has 0 aliphatic carbocycles. The lowest BCUT2D eigenvalue weighted by Gasteiger charge is -2.11. The Labute approximate surface area is 143 Å². The number of nitrogens with two attached hydrogens (primary N) is 1. The molecule has 0 saturated carbocycles. The van der Waals surface area contributed by atoms with Gasteiger partial charge in [-0.3, -0.25) is 9.97 Å². The van der Waals surface area contributed by atoms with Crippen molar-refractivity contribution in [2.24, 2.45) is 5.14 Å². The molecule has 25 heavy (non-hydrogen) atoms. The molecule has 0 amide bonds. The first-order chi connectivity index (χ1) is 11.8. The molecule has 2 aromatic heterocycles. The average molecular weight is 361 g/mol. The number of halogens is 2. The highest BCUT2D eigenvalue weighted by atomic mass is 32.2. The van der Waals surface area contributed by atoms with Crippen LogP contribution in [0.3, 0.4) is 0 Å². The fourth-order valence-corrected chi connectivity index (χ4v) is 3.20. The summed E-state index contributed by atoms with van der Waals surface area (Å²) in [4.78, 5) is 7.21. The molecular formula is C17H13F2N3O2S. The number of aryl methyl sites for hydroxylation is 1. The van der Waals surface area contributed by atoms with Crippen molar-refractivity contribution in [1.29, 1.82) is 0 Å². The molecule has 2 N–H and O–H groups in total. The lowest BCUT2D eigenvalue weighted by molar-refractivity contribution is 0.520. The summed E-state index contributed by atoms with van der Waals surface area (Å²) in [5, 5.41) is 4.86. The van der Waals surface area contributed by atoms with Gasteiger partial charge in [0.25, 0.3) is 0 Å². The summed E-state index contributed by atoms with van der Waals surface area (Å²) in [5.74, 6) is -2.51. The molecule has 0 aliphatic heterocycles. The Kier molecular flexibility index (Phi) is 4.32. The van der Waals surface area contributed by atoms with Gasteiger partial charge in [0.15, 0.2) is 4.90 Å². The summed E-state index contributed by atoms with van der Waals surface area (Å²) < 4.78 is 51.0. The zero-order valence-corrected chi connectivity index (χ0v) is 13.9. The zero-order chi connectivity index (χ0) is 18.2. The van der Waals surface area contributed by atoms with Crippen molar-refractivity contribution < 1.29 is 17.2 Å². The molecule has 0 unspecified atom stereocenters. The van der Waals surface area contributed by atoms with Crippen molar-refractivity contribution in [1.82, 2.24) is 9.97 Å². The van der Waals surface area contributed by atoms with E-state index in [0.29, 0.717) is 16.8 Å². The summed E-state index contributed by atoms with van der Waals surface area (Å²) in [6.45, 7) is 1.86. The van der Waals surface area contributed by atoms with Crippen LogP contribution < -0.4 is 5.14 Å². The molecule has 2 heterocycles. The lowest BCUT2D eigenvalue weighted by atomic mass is 9.99. The van der Waals surface area contributed by atoms with Gasteiger partial charge in [0.2, 0.25) is 10.0 Å². The van der Waals surface area contributed by atoms with Crippen LogP contribution in [0.15, 0.2) is 53.8 Å². The molecule has 8 heteroatoms. The van der Waals surface area contributed by atoms with Gasteiger partial charge >= 0.3 is 0 Å². The minimum absolute atomic E-state index is 0.145. The second kappa shape index (κ2) is 6.30. The molecule has 0 fully saturated rings. The summed E-state index contributed by atoms with van der Waals surface area (Å²) >= 11 is 0. The minimum atomic E-state index is -4.51. The largest absolute Gasteiger partial charge is 0.264 e. The van der Waals surface area contributed by atoms with E-state index in [1.165, 1.54) is 0 Å². The number of nitrogens with zero attached hydrogens (tertiary/aromatic N) is 2. The monoisotopic (exact) mass is 361 g/mol. The number of benzene rings is 1. The Balaban J connectivity index is 2.22. The third kappa shape index (κ3) is 3.40. The Bertz CT molecular complexity index is 1050. The van der Waals surface area contributed by atoms with Gasteiger partial charge in [0.1, 0.15) is 11.6 Å². The van der Waals surface area contributed by atoms with E-state index in [1.807, 2.05) is 13.0 Å². The molecule has 0 bridgehead atoms. The highest BCUT2D eigenvalue weighted by Gasteiger charge is 2.22. The Morgan fingerprint density at radius 3 is 2.32 bits per heavy atom. The van der Waals surface area contributed by atoms with E-state index >= 15 is 0 Å². The second-order valence-electron chi connectivity index (χ2n) is 5.46. The van der Waals surface area contributed by atoms with E-state index in [4.69, 9.17) is 5.14 Å². The molecule has 5 nitrogen and oxygen atoms in total. The minimum Gasteiger partial charge on any atom is -0.264 e. The van der Waals surface area contributed by atoms with Gasteiger partial charge in [0, 0.05) is 29.7 Å². The first-order valence-electron chi connectivity index (χ1n) is 7.16. The Morgan fingerprint density at radius 2 is 1.72 bits per heavy atom. The van der Waals surface area contributed by atoms with Gasteiger partial charge in [0.05, 0.1) is 5.69 Å². The van der Waals surface area contributed by atoms with Gasteiger partial charge in [-0.25, -0.2) is 22.3 Å². The van der Waals surface area contributed by atoms with E-state index in [1.54, 1.807) is 30.7 Å². The maximum atomic E-state index is 14.2. The zero-order valence-electron chi connectivity index (χ0n) is 13.1. The molecule has 0 saturated heterocycles. The van der Waals surface area contributed by atoms with E-state index in [0.717, 1.165) is 17.7 Å². The van der Waals surface area contributed by atoms with Crippen molar-refractivity contribution in [3.05, 3.63) is 66.1 Å². The van der Waals surface area contributed by atoms with E-state index in [-0.39, 0.29) is 5.56 Å². The molecule has 0 aliphatic rings. The van der Waals surface area contributed by atoms with Gasteiger partial charge < -0.3 is 0 Å². The maximum absolute atomic E-state index is 14.2. The van der Waals surface area contributed by atoms with E-state index < -0.39 is 26.6 Å². The maximum Gasteiger partial charge on any atom is 0.243 e. The van der Waals surface area contributed by atoms with Crippen molar-refractivity contribution in [3.63, 3.8) is 0 Å². The fourth-order valence-electron chi connectivity index (χ4n) is 2.54. The van der Waals surface area contributed by atoms with Crippen LogP contribution in [0.5, 0.6) is 0 Å². The van der Waals surface area contributed by atoms with Gasteiger partial charge in [-0.05, 0) is 42.3 Å². The number of pyridine rings is 2. The third-order valence-corrected chi connectivity index (χ3v) is 4.51. The normalized spacial score (nSPS) is 11.5. The van der Waals surface area contributed by atoms with Gasteiger partial charge in [-0.15, -0.1) is 0 Å². The number of sulfonamides is 1. The highest BCUT2D eigenvalue weighted by molar-refractivity contribution is 7.89. The van der Waals surface area contributed by atoms with Crippen LogP contribution in [0, 0.1) is 18.6 Å². The first kappa shape index (κ1) is 17.1. The summed E-state index contributed by atoms with van der Waals surface area (Å²) in [5.41, 5.74) is 2.63. The van der Waals surface area contributed by atoms with Gasteiger partial charge in [-0.1, -0.05) is 6.07 Å². The lowest BCUT2D eigenvalue weighted by Crippen LogP contribution is -2.16. The third-order valence-electron chi connectivity index (χ3n) is 3.55. The number of hydrogen-bond acceptors (Lipinski definition) is 4. The number of primary sulfonamides is 1. The molecule has 1 aromatic carbocycles. The molecule has 0 radical (unpaired) electrons.